The highest BCUT2D eigenvalue weighted by molar-refractivity contribution is 6.21. The van der Waals surface area contributed by atoms with Crippen LogP contribution in [-0.2, 0) is 34.0 Å². The number of hydrogen-bond acceptors (Lipinski definition) is 7. The van der Waals surface area contributed by atoms with E-state index in [1.807, 2.05) is 6.92 Å². The zero-order valence-corrected chi connectivity index (χ0v) is 16.9. The molecular formula is C22H24N2O6. The Morgan fingerprint density at radius 1 is 1.23 bits per heavy atom. The molecule has 0 fully saturated rings. The van der Waals surface area contributed by atoms with Crippen LogP contribution in [0.1, 0.15) is 32.3 Å². The van der Waals surface area contributed by atoms with Crippen LogP contribution >= 0.6 is 0 Å². The van der Waals surface area contributed by atoms with Crippen molar-refractivity contribution < 1.29 is 28.6 Å². The smallest absolute Gasteiger partial charge is 0.341 e. The zero-order valence-electron chi connectivity index (χ0n) is 16.9. The normalized spacial score (nSPS) is 19.9. The Morgan fingerprint density at radius 2 is 1.93 bits per heavy atom. The molecule has 3 rings (SSSR count). The number of esters is 2. The quantitative estimate of drug-likeness (QED) is 0.401. The van der Waals surface area contributed by atoms with Gasteiger partial charge in [0.25, 0.3) is 0 Å². The van der Waals surface area contributed by atoms with E-state index in [0.29, 0.717) is 17.7 Å². The van der Waals surface area contributed by atoms with Gasteiger partial charge in [-0.25, -0.2) is 9.59 Å². The van der Waals surface area contributed by atoms with Gasteiger partial charge in [-0.3, -0.25) is 4.79 Å². The lowest BCUT2D eigenvalue weighted by Gasteiger charge is -2.35. The predicted molar refractivity (Wildman–Crippen MR) is 109 cm³/mol. The Hall–Kier alpha value is -3.55. The number of rotatable bonds is 7. The molecule has 8 heteroatoms. The van der Waals surface area contributed by atoms with Gasteiger partial charge >= 0.3 is 11.9 Å². The number of allylic oxidation sites excluding steroid dienone is 1. The highest BCUT2D eigenvalue weighted by Crippen LogP contribution is 2.52. The summed E-state index contributed by atoms with van der Waals surface area (Å²) in [4.78, 5) is 39.5. The third kappa shape index (κ3) is 3.24. The van der Waals surface area contributed by atoms with Gasteiger partial charge in [0.15, 0.2) is 0 Å². The summed E-state index contributed by atoms with van der Waals surface area (Å²) in [6.45, 7) is 7.03. The van der Waals surface area contributed by atoms with E-state index < -0.39 is 23.3 Å². The SMILES string of the molecule is C=CCOC(=O)C1=C(C)OC(N)=C(C(=O)OCCCC)[C@@]12C(=O)Nc1ccccc12. The molecule has 3 N–H and O–H groups in total. The van der Waals surface area contributed by atoms with Crippen molar-refractivity contribution in [1.82, 2.24) is 0 Å². The summed E-state index contributed by atoms with van der Waals surface area (Å²) in [5, 5.41) is 2.74. The van der Waals surface area contributed by atoms with Crippen molar-refractivity contribution in [2.24, 2.45) is 5.73 Å². The van der Waals surface area contributed by atoms with E-state index >= 15 is 0 Å². The van der Waals surface area contributed by atoms with Gasteiger partial charge in [0, 0.05) is 11.3 Å². The van der Waals surface area contributed by atoms with E-state index in [0.717, 1.165) is 6.42 Å². The topological polar surface area (TPSA) is 117 Å². The first-order valence-electron chi connectivity index (χ1n) is 9.65. The molecule has 1 amide bonds. The number of ether oxygens (including phenoxy) is 3. The number of hydrogen-bond donors (Lipinski definition) is 2. The summed E-state index contributed by atoms with van der Waals surface area (Å²) >= 11 is 0. The third-order valence-corrected chi connectivity index (χ3v) is 5.00. The molecule has 1 spiro atoms. The van der Waals surface area contributed by atoms with Crippen LogP contribution in [0, 0.1) is 0 Å². The summed E-state index contributed by atoms with van der Waals surface area (Å²) in [5.41, 5.74) is 4.74. The Labute approximate surface area is 174 Å². The second kappa shape index (κ2) is 8.44. The minimum atomic E-state index is -1.84. The van der Waals surface area contributed by atoms with E-state index in [4.69, 9.17) is 19.9 Å². The number of para-hydroxylation sites is 1. The molecule has 0 unspecified atom stereocenters. The fraction of sp³-hybridized carbons (Fsp3) is 0.318. The lowest BCUT2D eigenvalue weighted by molar-refractivity contribution is -0.143. The molecule has 1 aromatic carbocycles. The maximum atomic E-state index is 13.4. The van der Waals surface area contributed by atoms with Crippen LogP contribution in [0.2, 0.25) is 0 Å². The van der Waals surface area contributed by atoms with Gasteiger partial charge in [0.1, 0.15) is 28.9 Å². The summed E-state index contributed by atoms with van der Waals surface area (Å²) in [5.74, 6) is -2.47. The number of fused-ring (bicyclic) bond motifs is 2. The van der Waals surface area contributed by atoms with Crippen LogP contribution < -0.4 is 11.1 Å². The highest BCUT2D eigenvalue weighted by atomic mass is 16.5. The molecule has 0 aliphatic carbocycles. The Balaban J connectivity index is 2.23. The first kappa shape index (κ1) is 21.2. The van der Waals surface area contributed by atoms with Crippen LogP contribution in [0.3, 0.4) is 0 Å². The first-order chi connectivity index (χ1) is 14.4. The van der Waals surface area contributed by atoms with Crippen LogP contribution in [-0.4, -0.2) is 31.1 Å². The molecule has 8 nitrogen and oxygen atoms in total. The maximum absolute atomic E-state index is 13.4. The lowest BCUT2D eigenvalue weighted by Crippen LogP contribution is -2.48. The fourth-order valence-electron chi connectivity index (χ4n) is 3.73. The van der Waals surface area contributed by atoms with E-state index in [9.17, 15) is 14.4 Å². The van der Waals surface area contributed by atoms with Crippen molar-refractivity contribution in [3.8, 4) is 0 Å². The monoisotopic (exact) mass is 412 g/mol. The number of nitrogens with one attached hydrogen (secondary N) is 1. The van der Waals surface area contributed by atoms with Crippen LogP contribution in [0.25, 0.3) is 0 Å². The molecule has 158 valence electrons. The summed E-state index contributed by atoms with van der Waals surface area (Å²) in [6, 6.07) is 6.76. The van der Waals surface area contributed by atoms with Gasteiger partial charge in [-0.1, -0.05) is 44.2 Å². The van der Waals surface area contributed by atoms with Crippen LogP contribution in [0.4, 0.5) is 5.69 Å². The summed E-state index contributed by atoms with van der Waals surface area (Å²) in [6.07, 6.45) is 2.85. The second-order valence-electron chi connectivity index (χ2n) is 6.90. The standard InChI is InChI=1S/C22H24N2O6/c1-4-6-12-29-20(26)17-18(23)30-13(3)16(19(25)28-11-5-2)22(17)14-9-7-8-10-15(14)24-21(22)27/h5,7-10H,2,4,6,11-12,23H2,1,3H3,(H,24,27)/t22-/m0/s1. The van der Waals surface area contributed by atoms with Gasteiger partial charge in [0.2, 0.25) is 11.8 Å². The number of unbranched alkanes of at least 4 members (excludes halogenated alkanes) is 1. The number of carbonyl (C=O) groups excluding carboxylic acids is 3. The minimum Gasteiger partial charge on any atom is -0.462 e. The lowest BCUT2D eigenvalue weighted by atomic mass is 9.67. The first-order valence-corrected chi connectivity index (χ1v) is 9.65. The largest absolute Gasteiger partial charge is 0.462 e. The molecule has 0 radical (unpaired) electrons. The molecule has 2 aliphatic rings. The number of benzene rings is 1. The van der Waals surface area contributed by atoms with Crippen molar-refractivity contribution in [2.75, 3.05) is 18.5 Å². The van der Waals surface area contributed by atoms with Crippen molar-refractivity contribution in [1.29, 1.82) is 0 Å². The average molecular weight is 412 g/mol. The molecule has 0 saturated carbocycles. The van der Waals surface area contributed by atoms with Gasteiger partial charge in [-0.15, -0.1) is 0 Å². The van der Waals surface area contributed by atoms with Gasteiger partial charge in [0.05, 0.1) is 6.61 Å². The Bertz CT molecular complexity index is 978. The third-order valence-electron chi connectivity index (χ3n) is 5.00. The van der Waals surface area contributed by atoms with Gasteiger partial charge in [-0.2, -0.15) is 0 Å². The number of amides is 1. The predicted octanol–water partition coefficient (Wildman–Crippen LogP) is 2.42. The van der Waals surface area contributed by atoms with E-state index in [2.05, 4.69) is 11.9 Å². The van der Waals surface area contributed by atoms with E-state index in [1.165, 1.54) is 13.0 Å². The molecule has 2 aliphatic heterocycles. The number of nitrogens with two attached hydrogens (primary N) is 1. The van der Waals surface area contributed by atoms with E-state index in [-0.39, 0.29) is 36.0 Å². The number of anilines is 1. The number of carbonyl (C=O) groups is 3. The van der Waals surface area contributed by atoms with Gasteiger partial charge in [-0.05, 0) is 19.4 Å². The molecule has 0 bridgehead atoms. The van der Waals surface area contributed by atoms with E-state index in [1.54, 1.807) is 24.3 Å². The molecular weight excluding hydrogens is 388 g/mol. The average Bonchev–Trinajstić information content (AvgIpc) is 2.98. The highest BCUT2D eigenvalue weighted by Gasteiger charge is 2.61. The molecule has 0 saturated heterocycles. The zero-order chi connectivity index (χ0) is 21.9. The van der Waals surface area contributed by atoms with Crippen molar-refractivity contribution >= 4 is 23.5 Å². The van der Waals surface area contributed by atoms with Crippen molar-refractivity contribution in [3.63, 3.8) is 0 Å². The molecule has 30 heavy (non-hydrogen) atoms. The van der Waals surface area contributed by atoms with Gasteiger partial charge < -0.3 is 25.3 Å². The van der Waals surface area contributed by atoms with Crippen LogP contribution in [0.5, 0.6) is 0 Å². The summed E-state index contributed by atoms with van der Waals surface area (Å²) in [7, 11) is 0. The molecule has 0 aromatic heterocycles. The van der Waals surface area contributed by atoms with Crippen molar-refractivity contribution in [3.05, 3.63) is 65.3 Å². The summed E-state index contributed by atoms with van der Waals surface area (Å²) < 4.78 is 16.1. The molecule has 1 atom stereocenters. The Morgan fingerprint density at radius 3 is 2.63 bits per heavy atom. The Kier molecular flexibility index (Phi) is 5.96. The second-order valence-corrected chi connectivity index (χ2v) is 6.90. The van der Waals surface area contributed by atoms with Crippen molar-refractivity contribution in [2.45, 2.75) is 32.1 Å². The molecule has 2 heterocycles. The fourth-order valence-corrected chi connectivity index (χ4v) is 3.73. The minimum absolute atomic E-state index is 0.0681. The van der Waals surface area contributed by atoms with Crippen LogP contribution in [0.15, 0.2) is 59.7 Å². The maximum Gasteiger partial charge on any atom is 0.341 e. The molecule has 1 aromatic rings.